The van der Waals surface area contributed by atoms with E-state index >= 15 is 0 Å². The monoisotopic (exact) mass is 367 g/mol. The van der Waals surface area contributed by atoms with Crippen molar-refractivity contribution in [3.8, 4) is 0 Å². The van der Waals surface area contributed by atoms with E-state index in [2.05, 4.69) is 15.6 Å². The van der Waals surface area contributed by atoms with Gasteiger partial charge in [0.15, 0.2) is 15.8 Å². The molecule has 25 heavy (non-hydrogen) atoms. The van der Waals surface area contributed by atoms with Crippen molar-refractivity contribution in [2.24, 2.45) is 10.9 Å². The third-order valence-electron chi connectivity index (χ3n) is 4.95. The minimum Gasteiger partial charge on any atom is -0.356 e. The van der Waals surface area contributed by atoms with Gasteiger partial charge in [0.25, 0.3) is 0 Å². The Labute approximate surface area is 149 Å². The zero-order valence-electron chi connectivity index (χ0n) is 14.4. The maximum atomic E-state index is 13.8. The summed E-state index contributed by atoms with van der Waals surface area (Å²) >= 11 is 0. The van der Waals surface area contributed by atoms with Crippen LogP contribution in [-0.4, -0.2) is 38.5 Å². The van der Waals surface area contributed by atoms with E-state index in [0.29, 0.717) is 30.5 Å². The Morgan fingerprint density at radius 3 is 2.64 bits per heavy atom. The molecular weight excluding hydrogens is 341 g/mol. The number of nitrogens with one attached hydrogen (secondary N) is 2. The summed E-state index contributed by atoms with van der Waals surface area (Å²) in [6, 6.07) is 7.02. The Bertz CT molecular complexity index is 715. The minimum atomic E-state index is -2.88. The summed E-state index contributed by atoms with van der Waals surface area (Å²) in [6.07, 6.45) is 5.33. The molecule has 2 fully saturated rings. The van der Waals surface area contributed by atoms with Gasteiger partial charge in [-0.25, -0.2) is 17.8 Å². The Balaban J connectivity index is 1.62. The Hall–Kier alpha value is -1.63. The quantitative estimate of drug-likeness (QED) is 0.619. The maximum Gasteiger partial charge on any atom is 0.191 e. The molecule has 2 aliphatic rings. The van der Waals surface area contributed by atoms with Crippen molar-refractivity contribution in [2.75, 3.05) is 18.1 Å². The van der Waals surface area contributed by atoms with E-state index in [0.717, 1.165) is 12.8 Å². The molecule has 1 aromatic rings. The van der Waals surface area contributed by atoms with Crippen LogP contribution in [0.25, 0.3) is 0 Å². The van der Waals surface area contributed by atoms with Crippen molar-refractivity contribution in [3.63, 3.8) is 0 Å². The van der Waals surface area contributed by atoms with Crippen LogP contribution in [0.2, 0.25) is 0 Å². The number of nitrogens with zero attached hydrogens (tertiary/aromatic N) is 1. The summed E-state index contributed by atoms with van der Waals surface area (Å²) in [5, 5.41) is 6.69. The summed E-state index contributed by atoms with van der Waals surface area (Å²) in [7, 11) is -2.88. The van der Waals surface area contributed by atoms with Gasteiger partial charge in [0, 0.05) is 18.2 Å². The fourth-order valence-electron chi connectivity index (χ4n) is 3.48. The molecule has 0 spiro atoms. The van der Waals surface area contributed by atoms with Crippen molar-refractivity contribution in [1.82, 2.24) is 10.6 Å². The second-order valence-corrected chi connectivity index (χ2v) is 9.26. The van der Waals surface area contributed by atoms with Gasteiger partial charge in [-0.1, -0.05) is 31.0 Å². The van der Waals surface area contributed by atoms with Gasteiger partial charge < -0.3 is 10.6 Å². The summed E-state index contributed by atoms with van der Waals surface area (Å²) in [5.74, 6) is 1.03. The van der Waals surface area contributed by atoms with Crippen LogP contribution in [-0.2, 0) is 16.4 Å². The molecule has 0 bridgehead atoms. The van der Waals surface area contributed by atoms with Crippen LogP contribution in [0.5, 0.6) is 0 Å². The highest BCUT2D eigenvalue weighted by molar-refractivity contribution is 7.91. The first-order valence-corrected chi connectivity index (χ1v) is 10.8. The number of halogens is 1. The third-order valence-corrected chi connectivity index (χ3v) is 6.78. The average Bonchev–Trinajstić information content (AvgIpc) is 3.20. The molecule has 5 nitrogen and oxygen atoms in total. The van der Waals surface area contributed by atoms with Gasteiger partial charge in [0.2, 0.25) is 0 Å². The molecule has 1 aliphatic carbocycles. The first kappa shape index (κ1) is 18.2. The predicted molar refractivity (Wildman–Crippen MR) is 97.7 cm³/mol. The van der Waals surface area contributed by atoms with Crippen molar-refractivity contribution < 1.29 is 12.8 Å². The van der Waals surface area contributed by atoms with E-state index < -0.39 is 9.84 Å². The number of rotatable bonds is 5. The van der Waals surface area contributed by atoms with Crippen LogP contribution in [0, 0.1) is 11.7 Å². The zero-order chi connectivity index (χ0) is 17.7. The van der Waals surface area contributed by atoms with Crippen LogP contribution in [0.1, 0.15) is 37.7 Å². The molecule has 1 heterocycles. The molecule has 3 rings (SSSR count). The lowest BCUT2D eigenvalue weighted by Crippen LogP contribution is -2.44. The van der Waals surface area contributed by atoms with Crippen LogP contribution in [0.15, 0.2) is 29.3 Å². The zero-order valence-corrected chi connectivity index (χ0v) is 15.2. The smallest absolute Gasteiger partial charge is 0.191 e. The van der Waals surface area contributed by atoms with Gasteiger partial charge in [0.05, 0.1) is 18.1 Å². The summed E-state index contributed by atoms with van der Waals surface area (Å²) in [4.78, 5) is 4.52. The highest BCUT2D eigenvalue weighted by Gasteiger charge is 2.28. The summed E-state index contributed by atoms with van der Waals surface area (Å²) in [5.41, 5.74) is 0.554. The fraction of sp³-hybridized carbons (Fsp3) is 0.611. The lowest BCUT2D eigenvalue weighted by molar-refractivity contribution is 0.552. The Morgan fingerprint density at radius 2 is 1.96 bits per heavy atom. The molecule has 1 saturated carbocycles. The highest BCUT2D eigenvalue weighted by Crippen LogP contribution is 2.19. The van der Waals surface area contributed by atoms with E-state index in [9.17, 15) is 12.8 Å². The maximum absolute atomic E-state index is 13.8. The van der Waals surface area contributed by atoms with Crippen molar-refractivity contribution in [3.05, 3.63) is 35.6 Å². The molecule has 138 valence electrons. The van der Waals surface area contributed by atoms with Gasteiger partial charge in [0.1, 0.15) is 5.82 Å². The molecule has 2 N–H and O–H groups in total. The number of hydrogen-bond acceptors (Lipinski definition) is 3. The van der Waals surface area contributed by atoms with Crippen LogP contribution in [0.4, 0.5) is 4.39 Å². The second kappa shape index (κ2) is 8.17. The molecule has 1 saturated heterocycles. The summed E-state index contributed by atoms with van der Waals surface area (Å²) < 4.78 is 37.0. The van der Waals surface area contributed by atoms with Crippen LogP contribution < -0.4 is 10.6 Å². The SMILES string of the molecule is O=S1(=O)CCC(CNC(=NCc2ccccc2F)NC2CCCC2)C1. The van der Waals surface area contributed by atoms with Gasteiger partial charge in [-0.15, -0.1) is 0 Å². The number of aliphatic imine (C=N–C) groups is 1. The number of benzene rings is 1. The topological polar surface area (TPSA) is 70.6 Å². The minimum absolute atomic E-state index is 0.119. The molecule has 1 atom stereocenters. The molecular formula is C18H26FN3O2S. The van der Waals surface area contributed by atoms with E-state index in [1.807, 2.05) is 0 Å². The van der Waals surface area contributed by atoms with E-state index in [-0.39, 0.29) is 29.8 Å². The standard InChI is InChI=1S/C18H26FN3O2S/c19-17-8-4-1-5-15(17)12-21-18(22-16-6-2-3-7-16)20-11-14-9-10-25(23,24)13-14/h1,4-5,8,14,16H,2-3,6-7,9-13H2,(H2,20,21,22). The van der Waals surface area contributed by atoms with Crippen molar-refractivity contribution in [1.29, 1.82) is 0 Å². The Morgan fingerprint density at radius 1 is 1.20 bits per heavy atom. The Kier molecular flexibility index (Phi) is 5.93. The largest absolute Gasteiger partial charge is 0.356 e. The molecule has 0 aromatic heterocycles. The molecule has 1 unspecified atom stereocenters. The lowest BCUT2D eigenvalue weighted by atomic mass is 10.1. The van der Waals surface area contributed by atoms with Crippen molar-refractivity contribution >= 4 is 15.8 Å². The summed E-state index contributed by atoms with van der Waals surface area (Å²) in [6.45, 7) is 0.840. The number of hydrogen-bond donors (Lipinski definition) is 2. The highest BCUT2D eigenvalue weighted by atomic mass is 32.2. The van der Waals surface area contributed by atoms with Crippen LogP contribution >= 0.6 is 0 Å². The van der Waals surface area contributed by atoms with Gasteiger partial charge in [-0.2, -0.15) is 0 Å². The predicted octanol–water partition coefficient (Wildman–Crippen LogP) is 2.24. The van der Waals surface area contributed by atoms with Crippen molar-refractivity contribution in [2.45, 2.75) is 44.7 Å². The average molecular weight is 367 g/mol. The van der Waals surface area contributed by atoms with Crippen LogP contribution in [0.3, 0.4) is 0 Å². The number of sulfone groups is 1. The normalized spacial score (nSPS) is 23.7. The van der Waals surface area contributed by atoms with Gasteiger partial charge in [-0.05, 0) is 31.2 Å². The molecule has 7 heteroatoms. The van der Waals surface area contributed by atoms with Gasteiger partial charge >= 0.3 is 0 Å². The first-order chi connectivity index (χ1) is 12.0. The second-order valence-electron chi connectivity index (χ2n) is 7.03. The van der Waals surface area contributed by atoms with E-state index in [1.54, 1.807) is 18.2 Å². The van der Waals surface area contributed by atoms with Gasteiger partial charge in [-0.3, -0.25) is 0 Å². The molecule has 1 aromatic carbocycles. The molecule has 0 radical (unpaired) electrons. The third kappa shape index (κ3) is 5.42. The van der Waals surface area contributed by atoms with E-state index in [4.69, 9.17) is 0 Å². The fourth-order valence-corrected chi connectivity index (χ4v) is 5.34. The first-order valence-electron chi connectivity index (χ1n) is 9.00. The van der Waals surface area contributed by atoms with E-state index in [1.165, 1.54) is 18.9 Å². The molecule has 1 aliphatic heterocycles. The lowest BCUT2D eigenvalue weighted by Gasteiger charge is -2.19. The number of guanidine groups is 1. The molecule has 0 amide bonds.